The van der Waals surface area contributed by atoms with E-state index < -0.39 is 0 Å². The molecule has 4 rings (SSSR count). The summed E-state index contributed by atoms with van der Waals surface area (Å²) in [5.41, 5.74) is 3.63. The van der Waals surface area contributed by atoms with Crippen molar-refractivity contribution in [2.45, 2.75) is 13.5 Å². The number of carbonyl (C=O) groups excluding carboxylic acids is 1. The van der Waals surface area contributed by atoms with Gasteiger partial charge in [-0.1, -0.05) is 30.7 Å². The van der Waals surface area contributed by atoms with Crippen molar-refractivity contribution < 1.29 is 9.53 Å². The average molecular weight is 370 g/mol. The molecule has 0 aliphatic carbocycles. The van der Waals surface area contributed by atoms with Crippen LogP contribution >= 0.6 is 11.6 Å². The highest BCUT2D eigenvalue weighted by atomic mass is 35.5. The molecule has 1 aromatic heterocycles. The zero-order valence-corrected chi connectivity index (χ0v) is 15.3. The lowest BCUT2D eigenvalue weighted by molar-refractivity contribution is -0.0978. The zero-order chi connectivity index (χ0) is 18.1. The summed E-state index contributed by atoms with van der Waals surface area (Å²) < 4.78 is 7.28. The van der Waals surface area contributed by atoms with Gasteiger partial charge in [0, 0.05) is 29.1 Å². The van der Waals surface area contributed by atoms with Gasteiger partial charge in [0.15, 0.2) is 0 Å². The maximum absolute atomic E-state index is 12.4. The minimum Gasteiger partial charge on any atom is -0.380 e. The smallest absolute Gasteiger partial charge is 0.251 e. The molecule has 3 aromatic rings. The molecule has 1 aliphatic rings. The second-order valence-corrected chi connectivity index (χ2v) is 7.63. The fourth-order valence-electron chi connectivity index (χ4n) is 3.07. The molecule has 0 unspecified atom stereocenters. The van der Waals surface area contributed by atoms with E-state index in [1.165, 1.54) is 0 Å². The van der Waals surface area contributed by atoms with E-state index >= 15 is 0 Å². The number of hydrogen-bond donors (Lipinski definition) is 1. The van der Waals surface area contributed by atoms with Crippen LogP contribution in [0.4, 0.5) is 0 Å². The molecule has 1 amide bonds. The van der Waals surface area contributed by atoms with E-state index in [-0.39, 0.29) is 11.3 Å². The molecule has 6 heteroatoms. The number of aromatic nitrogens is 2. The molecular weight excluding hydrogens is 350 g/mol. The molecule has 26 heavy (non-hydrogen) atoms. The van der Waals surface area contributed by atoms with Gasteiger partial charge in [0.1, 0.15) is 0 Å². The molecule has 0 bridgehead atoms. The monoisotopic (exact) mass is 369 g/mol. The van der Waals surface area contributed by atoms with Crippen LogP contribution in [0.25, 0.3) is 11.0 Å². The van der Waals surface area contributed by atoms with Crippen molar-refractivity contribution in [3.05, 3.63) is 64.9 Å². The van der Waals surface area contributed by atoms with E-state index in [4.69, 9.17) is 16.3 Å². The molecule has 2 heterocycles. The van der Waals surface area contributed by atoms with E-state index in [1.807, 2.05) is 42.5 Å². The predicted molar refractivity (Wildman–Crippen MR) is 102 cm³/mol. The summed E-state index contributed by atoms with van der Waals surface area (Å²) in [6.45, 7) is 4.83. The van der Waals surface area contributed by atoms with Gasteiger partial charge in [-0.15, -0.1) is 0 Å². The first-order valence-corrected chi connectivity index (χ1v) is 8.96. The van der Waals surface area contributed by atoms with Crippen LogP contribution in [0, 0.1) is 5.41 Å². The van der Waals surface area contributed by atoms with Gasteiger partial charge in [0.2, 0.25) is 0 Å². The number of rotatable bonds is 5. The third-order valence-electron chi connectivity index (χ3n) is 4.73. The van der Waals surface area contributed by atoms with E-state index in [0.29, 0.717) is 31.9 Å². The molecule has 0 spiro atoms. The highest BCUT2D eigenvalue weighted by Gasteiger charge is 2.33. The van der Waals surface area contributed by atoms with E-state index in [9.17, 15) is 4.79 Å². The standard InChI is InChI=1S/C20H20ClN3O2/c1-20(11-26-12-20)10-22-19(25)15-4-7-18-17(8-15)23-13-24(18)9-14-2-5-16(21)6-3-14/h2-8,13H,9-12H2,1H3,(H,22,25). The van der Waals surface area contributed by atoms with Crippen LogP contribution in [-0.4, -0.2) is 35.2 Å². The number of halogens is 1. The second-order valence-electron chi connectivity index (χ2n) is 7.19. The number of benzene rings is 2. The summed E-state index contributed by atoms with van der Waals surface area (Å²) in [5, 5.41) is 3.72. The van der Waals surface area contributed by atoms with Crippen molar-refractivity contribution in [2.24, 2.45) is 5.41 Å². The number of hydrogen-bond acceptors (Lipinski definition) is 3. The Kier molecular flexibility index (Phi) is 4.42. The number of carbonyl (C=O) groups is 1. The van der Waals surface area contributed by atoms with Crippen LogP contribution in [-0.2, 0) is 11.3 Å². The Balaban J connectivity index is 1.49. The van der Waals surface area contributed by atoms with Gasteiger partial charge in [-0.25, -0.2) is 4.98 Å². The topological polar surface area (TPSA) is 56.2 Å². The fourth-order valence-corrected chi connectivity index (χ4v) is 3.19. The summed E-state index contributed by atoms with van der Waals surface area (Å²) in [5.74, 6) is -0.0766. The van der Waals surface area contributed by atoms with Crippen LogP contribution in [0.2, 0.25) is 5.02 Å². The Bertz CT molecular complexity index is 945. The molecule has 2 aromatic carbocycles. The SMILES string of the molecule is CC1(CNC(=O)c2ccc3c(c2)ncn3Cc2ccc(Cl)cc2)COC1. The number of nitrogens with zero attached hydrogens (tertiary/aromatic N) is 2. The molecule has 1 N–H and O–H groups in total. The molecule has 1 aliphatic heterocycles. The first-order chi connectivity index (χ1) is 12.5. The third kappa shape index (κ3) is 3.45. The summed E-state index contributed by atoms with van der Waals surface area (Å²) >= 11 is 5.94. The van der Waals surface area contributed by atoms with Crippen LogP contribution in [0.5, 0.6) is 0 Å². The Morgan fingerprint density at radius 1 is 1.27 bits per heavy atom. The molecule has 0 saturated carbocycles. The number of fused-ring (bicyclic) bond motifs is 1. The van der Waals surface area contributed by atoms with Gasteiger partial charge in [0.05, 0.1) is 30.6 Å². The molecule has 0 atom stereocenters. The van der Waals surface area contributed by atoms with Gasteiger partial charge >= 0.3 is 0 Å². The van der Waals surface area contributed by atoms with Crippen molar-refractivity contribution >= 4 is 28.5 Å². The van der Waals surface area contributed by atoms with Gasteiger partial charge in [-0.3, -0.25) is 4.79 Å². The number of amides is 1. The Morgan fingerprint density at radius 2 is 2.04 bits per heavy atom. The molecule has 134 valence electrons. The maximum atomic E-state index is 12.4. The highest BCUT2D eigenvalue weighted by Crippen LogP contribution is 2.25. The Hall–Kier alpha value is -2.37. The third-order valence-corrected chi connectivity index (χ3v) is 4.98. The first-order valence-electron chi connectivity index (χ1n) is 8.58. The van der Waals surface area contributed by atoms with Crippen LogP contribution in [0.15, 0.2) is 48.8 Å². The largest absolute Gasteiger partial charge is 0.380 e. The van der Waals surface area contributed by atoms with Crippen molar-refractivity contribution in [3.63, 3.8) is 0 Å². The van der Waals surface area contributed by atoms with Crippen LogP contribution in [0.1, 0.15) is 22.8 Å². The number of imidazole rings is 1. The second kappa shape index (κ2) is 6.74. The molecule has 0 radical (unpaired) electrons. The van der Waals surface area contributed by atoms with Gasteiger partial charge in [-0.2, -0.15) is 0 Å². The summed E-state index contributed by atoms with van der Waals surface area (Å²) in [6, 6.07) is 13.4. The Labute approximate surface area is 156 Å². The summed E-state index contributed by atoms with van der Waals surface area (Å²) in [4.78, 5) is 16.9. The zero-order valence-electron chi connectivity index (χ0n) is 14.5. The maximum Gasteiger partial charge on any atom is 0.251 e. The van der Waals surface area contributed by atoms with Gasteiger partial charge < -0.3 is 14.6 Å². The lowest BCUT2D eigenvalue weighted by Crippen LogP contribution is -2.48. The predicted octanol–water partition coefficient (Wildman–Crippen LogP) is 3.50. The van der Waals surface area contributed by atoms with Crippen molar-refractivity contribution in [1.82, 2.24) is 14.9 Å². The average Bonchev–Trinajstić information content (AvgIpc) is 3.02. The number of ether oxygens (including phenoxy) is 1. The minimum absolute atomic E-state index is 0.0555. The molecular formula is C20H20ClN3O2. The summed E-state index contributed by atoms with van der Waals surface area (Å²) in [7, 11) is 0. The van der Waals surface area contributed by atoms with Crippen LogP contribution in [0.3, 0.4) is 0 Å². The fraction of sp³-hybridized carbons (Fsp3) is 0.300. The van der Waals surface area contributed by atoms with E-state index in [2.05, 4.69) is 21.8 Å². The minimum atomic E-state index is -0.0766. The first kappa shape index (κ1) is 17.1. The van der Waals surface area contributed by atoms with Crippen molar-refractivity contribution in [1.29, 1.82) is 0 Å². The molecule has 5 nitrogen and oxygen atoms in total. The molecule has 1 saturated heterocycles. The molecule has 1 fully saturated rings. The van der Waals surface area contributed by atoms with E-state index in [0.717, 1.165) is 21.6 Å². The summed E-state index contributed by atoms with van der Waals surface area (Å²) in [6.07, 6.45) is 1.80. The number of nitrogens with one attached hydrogen (secondary N) is 1. The Morgan fingerprint density at radius 3 is 2.73 bits per heavy atom. The lowest BCUT2D eigenvalue weighted by atomic mass is 9.88. The lowest BCUT2D eigenvalue weighted by Gasteiger charge is -2.38. The van der Waals surface area contributed by atoms with Crippen molar-refractivity contribution in [3.8, 4) is 0 Å². The van der Waals surface area contributed by atoms with Crippen molar-refractivity contribution in [2.75, 3.05) is 19.8 Å². The van der Waals surface area contributed by atoms with E-state index in [1.54, 1.807) is 6.33 Å². The van der Waals surface area contributed by atoms with Gasteiger partial charge in [-0.05, 0) is 35.9 Å². The quantitative estimate of drug-likeness (QED) is 0.748. The van der Waals surface area contributed by atoms with Gasteiger partial charge in [0.25, 0.3) is 5.91 Å². The normalized spacial score (nSPS) is 15.6. The van der Waals surface area contributed by atoms with Crippen LogP contribution < -0.4 is 5.32 Å². The highest BCUT2D eigenvalue weighted by molar-refractivity contribution is 6.30.